The first-order valence-corrected chi connectivity index (χ1v) is 9.13. The van der Waals surface area contributed by atoms with Gasteiger partial charge in [-0.25, -0.2) is 0 Å². The van der Waals surface area contributed by atoms with Crippen molar-refractivity contribution in [2.24, 2.45) is 0 Å². The summed E-state index contributed by atoms with van der Waals surface area (Å²) in [5.74, 6) is -0.489. The third-order valence-electron chi connectivity index (χ3n) is 3.52. The van der Waals surface area contributed by atoms with Crippen molar-refractivity contribution < 1.29 is 9.59 Å². The second-order valence-corrected chi connectivity index (χ2v) is 6.80. The van der Waals surface area contributed by atoms with Crippen molar-refractivity contribution in [1.29, 1.82) is 0 Å². The molecule has 2 N–H and O–H groups in total. The van der Waals surface area contributed by atoms with Gasteiger partial charge in [-0.05, 0) is 54.5 Å². The fourth-order valence-electron chi connectivity index (χ4n) is 2.22. The third kappa shape index (κ3) is 8.11. The topological polar surface area (TPSA) is 58.2 Å². The summed E-state index contributed by atoms with van der Waals surface area (Å²) in [5, 5.41) is 6.75. The molecule has 0 heterocycles. The lowest BCUT2D eigenvalue weighted by Crippen LogP contribution is -2.40. The maximum Gasteiger partial charge on any atom is 0.244 e. The zero-order valence-electron chi connectivity index (χ0n) is 14.8. The summed E-state index contributed by atoms with van der Waals surface area (Å²) >= 11 is 11.8. The zero-order valence-corrected chi connectivity index (χ0v) is 16.3. The van der Waals surface area contributed by atoms with Crippen molar-refractivity contribution in [2.75, 3.05) is 6.54 Å². The van der Waals surface area contributed by atoms with Crippen LogP contribution in [0.4, 0.5) is 0 Å². The summed E-state index contributed by atoms with van der Waals surface area (Å²) in [6.45, 7) is 2.13. The molecular formula is C21H20Cl2N2O2. The van der Waals surface area contributed by atoms with Crippen molar-refractivity contribution in [3.05, 3.63) is 81.9 Å². The molecular weight excluding hydrogens is 383 g/mol. The van der Waals surface area contributed by atoms with Crippen LogP contribution in [0, 0.1) is 0 Å². The number of carbonyl (C=O) groups is 2. The van der Waals surface area contributed by atoms with Crippen LogP contribution in [-0.4, -0.2) is 24.4 Å². The number of hydrogen-bond donors (Lipinski definition) is 2. The number of amides is 2. The van der Waals surface area contributed by atoms with E-state index in [9.17, 15) is 9.59 Å². The molecule has 0 fully saturated rings. The van der Waals surface area contributed by atoms with Gasteiger partial charge in [0, 0.05) is 34.8 Å². The summed E-state index contributed by atoms with van der Waals surface area (Å²) in [7, 11) is 0. The van der Waals surface area contributed by atoms with Gasteiger partial charge < -0.3 is 10.6 Å². The Hall–Kier alpha value is -2.56. The molecule has 1 atom stereocenters. The monoisotopic (exact) mass is 402 g/mol. The summed E-state index contributed by atoms with van der Waals surface area (Å²) in [5.41, 5.74) is 1.68. The fourth-order valence-corrected chi connectivity index (χ4v) is 2.62. The van der Waals surface area contributed by atoms with Gasteiger partial charge >= 0.3 is 0 Å². The normalized spacial score (nSPS) is 12.3. The minimum absolute atomic E-state index is 0.218. The first-order chi connectivity index (χ1) is 12.9. The Bertz CT molecular complexity index is 863. The predicted octanol–water partition coefficient (Wildman–Crippen LogP) is 4.34. The highest BCUT2D eigenvalue weighted by Crippen LogP contribution is 2.12. The Morgan fingerprint density at radius 1 is 0.926 bits per heavy atom. The first-order valence-electron chi connectivity index (χ1n) is 8.38. The van der Waals surface area contributed by atoms with Crippen LogP contribution in [0.15, 0.2) is 60.7 Å². The van der Waals surface area contributed by atoms with Crippen LogP contribution >= 0.6 is 23.2 Å². The molecule has 0 aromatic heterocycles. The molecule has 6 heteroatoms. The molecule has 2 amide bonds. The van der Waals surface area contributed by atoms with Gasteiger partial charge in [-0.15, -0.1) is 0 Å². The molecule has 27 heavy (non-hydrogen) atoms. The minimum atomic E-state index is -0.245. The van der Waals surface area contributed by atoms with E-state index in [1.165, 1.54) is 12.2 Å². The van der Waals surface area contributed by atoms with E-state index in [1.54, 1.807) is 36.4 Å². The van der Waals surface area contributed by atoms with E-state index in [1.807, 2.05) is 31.2 Å². The molecule has 140 valence electrons. The molecule has 0 radical (unpaired) electrons. The molecule has 4 nitrogen and oxygen atoms in total. The standard InChI is InChI=1S/C21H20Cl2N2O2/c1-15(25-21(27)11-9-17-5-3-7-19(23)13-17)14-24-20(26)10-8-16-4-2-6-18(22)12-16/h2-13,15H,14H2,1H3,(H,24,26)(H,25,27)/b10-8+,11-9-/t15-/m1/s1. The van der Waals surface area contributed by atoms with Crippen molar-refractivity contribution in [2.45, 2.75) is 13.0 Å². The van der Waals surface area contributed by atoms with Gasteiger partial charge in [-0.3, -0.25) is 9.59 Å². The van der Waals surface area contributed by atoms with Gasteiger partial charge in [0.2, 0.25) is 11.8 Å². The van der Waals surface area contributed by atoms with Crippen molar-refractivity contribution in [1.82, 2.24) is 10.6 Å². The number of hydrogen-bond acceptors (Lipinski definition) is 2. The van der Waals surface area contributed by atoms with Crippen molar-refractivity contribution >= 4 is 47.2 Å². The zero-order chi connectivity index (χ0) is 19.6. The highest BCUT2D eigenvalue weighted by atomic mass is 35.5. The minimum Gasteiger partial charge on any atom is -0.351 e. The predicted molar refractivity (Wildman–Crippen MR) is 112 cm³/mol. The number of halogens is 2. The maximum atomic E-state index is 11.9. The Morgan fingerprint density at radius 2 is 1.44 bits per heavy atom. The molecule has 2 aromatic carbocycles. The van der Waals surface area contributed by atoms with E-state index in [4.69, 9.17) is 23.2 Å². The molecule has 0 aliphatic carbocycles. The molecule has 0 unspecified atom stereocenters. The number of carbonyl (C=O) groups excluding carboxylic acids is 2. The lowest BCUT2D eigenvalue weighted by atomic mass is 10.2. The van der Waals surface area contributed by atoms with E-state index in [2.05, 4.69) is 10.6 Å². The van der Waals surface area contributed by atoms with Gasteiger partial charge in [0.05, 0.1) is 0 Å². The van der Waals surface area contributed by atoms with E-state index in [0.29, 0.717) is 16.6 Å². The maximum absolute atomic E-state index is 11.9. The Balaban J connectivity index is 1.75. The van der Waals surface area contributed by atoms with Crippen LogP contribution in [0.25, 0.3) is 12.2 Å². The second kappa shape index (κ2) is 10.6. The van der Waals surface area contributed by atoms with E-state index in [0.717, 1.165) is 11.1 Å². The highest BCUT2D eigenvalue weighted by Gasteiger charge is 2.06. The van der Waals surface area contributed by atoms with Crippen LogP contribution < -0.4 is 10.6 Å². The largest absolute Gasteiger partial charge is 0.351 e. The summed E-state index contributed by atoms with van der Waals surface area (Å²) in [6.07, 6.45) is 6.22. The second-order valence-electron chi connectivity index (χ2n) is 5.93. The summed E-state index contributed by atoms with van der Waals surface area (Å²) in [4.78, 5) is 23.8. The van der Waals surface area contributed by atoms with Crippen LogP contribution in [-0.2, 0) is 9.59 Å². The molecule has 0 spiro atoms. The van der Waals surface area contributed by atoms with Gasteiger partial charge in [0.25, 0.3) is 0 Å². The Morgan fingerprint density at radius 3 is 1.96 bits per heavy atom. The Kier molecular flexibility index (Phi) is 8.11. The van der Waals surface area contributed by atoms with Crippen LogP contribution in [0.3, 0.4) is 0 Å². The lowest BCUT2D eigenvalue weighted by molar-refractivity contribution is -0.118. The van der Waals surface area contributed by atoms with Crippen LogP contribution in [0.5, 0.6) is 0 Å². The fraction of sp³-hybridized carbons (Fsp3) is 0.143. The average Bonchev–Trinajstić information content (AvgIpc) is 2.63. The highest BCUT2D eigenvalue weighted by molar-refractivity contribution is 6.31. The summed E-state index contributed by atoms with van der Waals surface area (Å²) in [6, 6.07) is 14.2. The molecule has 2 rings (SSSR count). The molecule has 0 saturated carbocycles. The van der Waals surface area contributed by atoms with Gasteiger partial charge in [0.15, 0.2) is 0 Å². The van der Waals surface area contributed by atoms with E-state index >= 15 is 0 Å². The average molecular weight is 403 g/mol. The number of rotatable bonds is 7. The quantitative estimate of drug-likeness (QED) is 0.676. The molecule has 0 bridgehead atoms. The van der Waals surface area contributed by atoms with Crippen molar-refractivity contribution in [3.63, 3.8) is 0 Å². The van der Waals surface area contributed by atoms with Gasteiger partial charge in [0.1, 0.15) is 0 Å². The summed E-state index contributed by atoms with van der Waals surface area (Å²) < 4.78 is 0. The van der Waals surface area contributed by atoms with Gasteiger partial charge in [-0.2, -0.15) is 0 Å². The third-order valence-corrected chi connectivity index (χ3v) is 3.99. The smallest absolute Gasteiger partial charge is 0.244 e. The lowest BCUT2D eigenvalue weighted by Gasteiger charge is -2.12. The van der Waals surface area contributed by atoms with Crippen LogP contribution in [0.2, 0.25) is 10.0 Å². The molecule has 2 aromatic rings. The van der Waals surface area contributed by atoms with Crippen LogP contribution in [0.1, 0.15) is 18.1 Å². The van der Waals surface area contributed by atoms with E-state index < -0.39 is 0 Å². The van der Waals surface area contributed by atoms with Crippen molar-refractivity contribution in [3.8, 4) is 0 Å². The number of nitrogens with one attached hydrogen (secondary N) is 2. The van der Waals surface area contributed by atoms with E-state index in [-0.39, 0.29) is 17.9 Å². The molecule has 0 aliphatic rings. The van der Waals surface area contributed by atoms with Gasteiger partial charge in [-0.1, -0.05) is 47.5 Å². The SMILES string of the molecule is C[C@H](CNC(=O)/C=C/c1cccc(Cl)c1)NC(=O)/C=C\c1cccc(Cl)c1. The molecule has 0 aliphatic heterocycles. The number of benzene rings is 2. The molecule has 0 saturated heterocycles. The Labute approximate surface area is 168 Å². The first kappa shape index (κ1) is 20.7.